The fourth-order valence-electron chi connectivity index (χ4n) is 3.10. The molecule has 1 heterocycles. The van der Waals surface area contributed by atoms with E-state index in [2.05, 4.69) is 21.2 Å². The van der Waals surface area contributed by atoms with Gasteiger partial charge in [-0.3, -0.25) is 14.9 Å². The monoisotopic (exact) mass is 560 g/mol. The molecular formula is C23H14BrClN2O6S. The second-order valence-electron chi connectivity index (χ2n) is 6.97. The number of anilines is 1. The van der Waals surface area contributed by atoms with Crippen molar-refractivity contribution in [2.24, 2.45) is 0 Å². The standard InChI is InChI=1S/C23H14BrClN2O6S/c24-15-6-9-17(10-7-15)27-22(29)19(21(28)26-23(27)30)13-14-12-16(25)8-11-20(14)33-34(31,32)18-4-2-1-3-5-18/h1-13H,(H,26,28,30)/b19-13+. The predicted octanol–water partition coefficient (Wildman–Crippen LogP) is 4.54. The summed E-state index contributed by atoms with van der Waals surface area (Å²) < 4.78 is 31.4. The van der Waals surface area contributed by atoms with Crippen LogP contribution < -0.4 is 14.4 Å². The number of hydrogen-bond donors (Lipinski definition) is 1. The highest BCUT2D eigenvalue weighted by atomic mass is 79.9. The molecule has 0 atom stereocenters. The molecule has 0 radical (unpaired) electrons. The molecule has 0 aliphatic carbocycles. The number of imide groups is 2. The average Bonchev–Trinajstić information content (AvgIpc) is 2.80. The van der Waals surface area contributed by atoms with Gasteiger partial charge in [-0.05, 0) is 60.7 Å². The van der Waals surface area contributed by atoms with Gasteiger partial charge in [0, 0.05) is 15.1 Å². The van der Waals surface area contributed by atoms with Crippen LogP contribution in [0.15, 0.2) is 87.7 Å². The van der Waals surface area contributed by atoms with Crippen molar-refractivity contribution in [3.8, 4) is 5.75 Å². The van der Waals surface area contributed by atoms with E-state index >= 15 is 0 Å². The fourth-order valence-corrected chi connectivity index (χ4v) is 4.52. The maximum absolute atomic E-state index is 13.1. The number of urea groups is 1. The van der Waals surface area contributed by atoms with E-state index in [1.165, 1.54) is 42.5 Å². The van der Waals surface area contributed by atoms with E-state index in [0.717, 1.165) is 15.4 Å². The molecule has 1 N–H and O–H groups in total. The van der Waals surface area contributed by atoms with E-state index < -0.39 is 33.5 Å². The molecule has 0 saturated carbocycles. The summed E-state index contributed by atoms with van der Waals surface area (Å²) in [5.41, 5.74) is -0.124. The van der Waals surface area contributed by atoms with Crippen LogP contribution in [0.2, 0.25) is 5.02 Å². The van der Waals surface area contributed by atoms with Crippen LogP contribution in [-0.4, -0.2) is 26.3 Å². The van der Waals surface area contributed by atoms with Gasteiger partial charge in [-0.15, -0.1) is 0 Å². The van der Waals surface area contributed by atoms with Gasteiger partial charge in [0.1, 0.15) is 16.2 Å². The SMILES string of the molecule is O=C1NC(=O)N(c2ccc(Br)cc2)C(=O)/C1=C/c1cc(Cl)ccc1OS(=O)(=O)c1ccccc1. The van der Waals surface area contributed by atoms with Crippen molar-refractivity contribution in [2.75, 3.05) is 4.90 Å². The van der Waals surface area contributed by atoms with E-state index in [4.69, 9.17) is 15.8 Å². The van der Waals surface area contributed by atoms with E-state index in [-0.39, 0.29) is 26.9 Å². The van der Waals surface area contributed by atoms with Gasteiger partial charge in [0.05, 0.1) is 5.69 Å². The highest BCUT2D eigenvalue weighted by Gasteiger charge is 2.37. The van der Waals surface area contributed by atoms with Crippen molar-refractivity contribution in [1.82, 2.24) is 5.32 Å². The third-order valence-corrected chi connectivity index (χ3v) is 6.70. The van der Waals surface area contributed by atoms with Gasteiger partial charge in [-0.2, -0.15) is 8.42 Å². The molecule has 1 aliphatic heterocycles. The van der Waals surface area contributed by atoms with Gasteiger partial charge in [0.2, 0.25) is 0 Å². The molecule has 4 rings (SSSR count). The number of rotatable bonds is 5. The van der Waals surface area contributed by atoms with Crippen molar-refractivity contribution < 1.29 is 27.0 Å². The molecule has 0 bridgehead atoms. The number of carbonyl (C=O) groups is 3. The zero-order valence-electron chi connectivity index (χ0n) is 17.1. The molecular weight excluding hydrogens is 548 g/mol. The number of halogens is 2. The van der Waals surface area contributed by atoms with Crippen LogP contribution in [0.1, 0.15) is 5.56 Å². The Labute approximate surface area is 208 Å². The first-order valence-corrected chi connectivity index (χ1v) is 12.2. The smallest absolute Gasteiger partial charge is 0.339 e. The lowest BCUT2D eigenvalue weighted by Gasteiger charge is -2.26. The van der Waals surface area contributed by atoms with Gasteiger partial charge in [-0.25, -0.2) is 9.69 Å². The van der Waals surface area contributed by atoms with Crippen LogP contribution in [0.25, 0.3) is 6.08 Å². The molecule has 8 nitrogen and oxygen atoms in total. The number of nitrogens with zero attached hydrogens (tertiary/aromatic N) is 1. The summed E-state index contributed by atoms with van der Waals surface area (Å²) in [5, 5.41) is 2.32. The van der Waals surface area contributed by atoms with Crippen molar-refractivity contribution in [1.29, 1.82) is 0 Å². The molecule has 1 saturated heterocycles. The third-order valence-electron chi connectivity index (χ3n) is 4.69. The molecule has 1 fully saturated rings. The average molecular weight is 562 g/mol. The number of nitrogens with one attached hydrogen (secondary N) is 1. The molecule has 3 aromatic rings. The maximum atomic E-state index is 13.1. The highest BCUT2D eigenvalue weighted by Crippen LogP contribution is 2.30. The molecule has 0 unspecified atom stereocenters. The minimum atomic E-state index is -4.21. The molecule has 11 heteroatoms. The lowest BCUT2D eigenvalue weighted by Crippen LogP contribution is -2.54. The quantitative estimate of drug-likeness (QED) is 0.278. The lowest BCUT2D eigenvalue weighted by atomic mass is 10.1. The third kappa shape index (κ3) is 4.89. The Morgan fingerprint density at radius 2 is 1.62 bits per heavy atom. The number of amides is 4. The van der Waals surface area contributed by atoms with Crippen molar-refractivity contribution in [2.45, 2.75) is 4.90 Å². The van der Waals surface area contributed by atoms with Crippen LogP contribution in [0, 0.1) is 0 Å². The molecule has 4 amide bonds. The van der Waals surface area contributed by atoms with E-state index in [1.54, 1.807) is 30.3 Å². The van der Waals surface area contributed by atoms with Crippen LogP contribution in [0.3, 0.4) is 0 Å². The van der Waals surface area contributed by atoms with Crippen LogP contribution in [0.4, 0.5) is 10.5 Å². The summed E-state index contributed by atoms with van der Waals surface area (Å²) in [7, 11) is -4.21. The summed E-state index contributed by atoms with van der Waals surface area (Å²) >= 11 is 9.35. The molecule has 0 aromatic heterocycles. The summed E-state index contributed by atoms with van der Waals surface area (Å²) in [5.74, 6) is -2.00. The summed E-state index contributed by atoms with van der Waals surface area (Å²) in [6.45, 7) is 0. The molecule has 0 spiro atoms. The topological polar surface area (TPSA) is 110 Å². The number of benzene rings is 3. The summed E-state index contributed by atoms with van der Waals surface area (Å²) in [6, 6.07) is 16.9. The lowest BCUT2D eigenvalue weighted by molar-refractivity contribution is -0.122. The Balaban J connectivity index is 1.75. The van der Waals surface area contributed by atoms with Crippen LogP contribution >= 0.6 is 27.5 Å². The minimum Gasteiger partial charge on any atom is -0.378 e. The first kappa shape index (κ1) is 23.7. The number of hydrogen-bond acceptors (Lipinski definition) is 6. The Kier molecular flexibility index (Phi) is 6.56. The van der Waals surface area contributed by atoms with Gasteiger partial charge in [0.25, 0.3) is 11.8 Å². The number of barbiturate groups is 1. The molecule has 172 valence electrons. The van der Waals surface area contributed by atoms with Gasteiger partial charge in [0.15, 0.2) is 0 Å². The van der Waals surface area contributed by atoms with Crippen molar-refractivity contribution in [3.05, 3.63) is 93.4 Å². The predicted molar refractivity (Wildman–Crippen MR) is 129 cm³/mol. The van der Waals surface area contributed by atoms with Gasteiger partial charge in [-0.1, -0.05) is 45.7 Å². The zero-order chi connectivity index (χ0) is 24.5. The molecule has 34 heavy (non-hydrogen) atoms. The minimum absolute atomic E-state index is 0.0515. The Hall–Kier alpha value is -3.47. The Morgan fingerprint density at radius 3 is 2.29 bits per heavy atom. The first-order chi connectivity index (χ1) is 16.2. The maximum Gasteiger partial charge on any atom is 0.339 e. The van der Waals surface area contributed by atoms with E-state index in [1.807, 2.05) is 0 Å². The summed E-state index contributed by atoms with van der Waals surface area (Å²) in [4.78, 5) is 38.7. The second-order valence-corrected chi connectivity index (χ2v) is 9.87. The van der Waals surface area contributed by atoms with Crippen molar-refractivity contribution in [3.63, 3.8) is 0 Å². The number of carbonyl (C=O) groups excluding carboxylic acids is 3. The first-order valence-electron chi connectivity index (χ1n) is 9.62. The van der Waals surface area contributed by atoms with Crippen LogP contribution in [-0.2, 0) is 19.7 Å². The molecule has 3 aromatic carbocycles. The molecule has 1 aliphatic rings. The second kappa shape index (κ2) is 9.41. The fraction of sp³-hybridized carbons (Fsp3) is 0. The van der Waals surface area contributed by atoms with Gasteiger partial charge < -0.3 is 4.18 Å². The summed E-state index contributed by atoms with van der Waals surface area (Å²) in [6.07, 6.45) is 1.12. The Morgan fingerprint density at radius 1 is 0.941 bits per heavy atom. The largest absolute Gasteiger partial charge is 0.378 e. The highest BCUT2D eigenvalue weighted by molar-refractivity contribution is 9.10. The van der Waals surface area contributed by atoms with Crippen molar-refractivity contribution >= 4 is 67.3 Å². The Bertz CT molecular complexity index is 1440. The van der Waals surface area contributed by atoms with E-state index in [9.17, 15) is 22.8 Å². The van der Waals surface area contributed by atoms with E-state index in [0.29, 0.717) is 0 Å². The normalized spacial score (nSPS) is 15.4. The zero-order valence-corrected chi connectivity index (χ0v) is 20.2. The van der Waals surface area contributed by atoms with Gasteiger partial charge >= 0.3 is 16.1 Å². The van der Waals surface area contributed by atoms with Crippen LogP contribution in [0.5, 0.6) is 5.75 Å².